The molecular weight excluding hydrogens is 168 g/mol. The van der Waals surface area contributed by atoms with E-state index in [9.17, 15) is 0 Å². The van der Waals surface area contributed by atoms with Crippen LogP contribution < -0.4 is 0 Å². The van der Waals surface area contributed by atoms with Gasteiger partial charge in [0.05, 0.1) is 0 Å². The lowest BCUT2D eigenvalue weighted by Gasteiger charge is -1.95. The minimum absolute atomic E-state index is 1.06. The first-order chi connectivity index (χ1) is 7.00. The van der Waals surface area contributed by atoms with Crippen molar-refractivity contribution in [3.63, 3.8) is 0 Å². The van der Waals surface area contributed by atoms with E-state index in [4.69, 9.17) is 0 Å². The van der Waals surface area contributed by atoms with Crippen molar-refractivity contribution in [1.29, 1.82) is 0 Å². The molecular formula is C14H20. The van der Waals surface area contributed by atoms with E-state index in [2.05, 4.69) is 48.6 Å². The Balaban J connectivity index is 2.36. The summed E-state index contributed by atoms with van der Waals surface area (Å²) in [5.41, 5.74) is 0. The van der Waals surface area contributed by atoms with Gasteiger partial charge in [0.25, 0.3) is 0 Å². The summed E-state index contributed by atoms with van der Waals surface area (Å²) in [5.74, 6) is 0. The number of rotatable bonds is 0. The molecule has 0 nitrogen and oxygen atoms in total. The molecule has 0 aliphatic heterocycles. The molecule has 1 rings (SSSR count). The monoisotopic (exact) mass is 188 g/mol. The molecule has 76 valence electrons. The van der Waals surface area contributed by atoms with Gasteiger partial charge < -0.3 is 0 Å². The lowest BCUT2D eigenvalue weighted by Crippen LogP contribution is -1.75. The second-order valence-corrected chi connectivity index (χ2v) is 3.59. The number of hydrogen-bond donors (Lipinski definition) is 0. The summed E-state index contributed by atoms with van der Waals surface area (Å²) in [5, 5.41) is 0. The molecule has 14 heavy (non-hydrogen) atoms. The lowest BCUT2D eigenvalue weighted by molar-refractivity contribution is 0.695. The van der Waals surface area contributed by atoms with E-state index >= 15 is 0 Å². The summed E-state index contributed by atoms with van der Waals surface area (Å²) >= 11 is 0. The molecule has 0 saturated heterocycles. The van der Waals surface area contributed by atoms with Crippen LogP contribution in [-0.2, 0) is 0 Å². The summed E-state index contributed by atoms with van der Waals surface area (Å²) in [4.78, 5) is 0. The zero-order valence-electron chi connectivity index (χ0n) is 8.86. The Morgan fingerprint density at radius 3 is 2.07 bits per heavy atom. The molecule has 0 radical (unpaired) electrons. The zero-order valence-corrected chi connectivity index (χ0v) is 8.86. The van der Waals surface area contributed by atoms with Gasteiger partial charge in [0.15, 0.2) is 0 Å². The van der Waals surface area contributed by atoms with Gasteiger partial charge in [-0.3, -0.25) is 0 Å². The van der Waals surface area contributed by atoms with Crippen molar-refractivity contribution in [2.24, 2.45) is 0 Å². The third-order valence-corrected chi connectivity index (χ3v) is 2.29. The largest absolute Gasteiger partial charge is 0.0882 e. The van der Waals surface area contributed by atoms with Crippen LogP contribution in [-0.4, -0.2) is 0 Å². The Kier molecular flexibility index (Phi) is 6.74. The Hall–Kier alpha value is -1.04. The lowest BCUT2D eigenvalue weighted by atomic mass is 10.1. The van der Waals surface area contributed by atoms with E-state index in [1.165, 1.54) is 32.1 Å². The third-order valence-electron chi connectivity index (χ3n) is 2.29. The normalized spacial score (nSPS) is 28.6. The molecule has 0 heteroatoms. The molecule has 0 atom stereocenters. The molecule has 0 heterocycles. The topological polar surface area (TPSA) is 0 Å². The second-order valence-electron chi connectivity index (χ2n) is 3.59. The molecule has 0 saturated carbocycles. The molecule has 0 fully saturated rings. The highest BCUT2D eigenvalue weighted by Crippen LogP contribution is 2.05. The van der Waals surface area contributed by atoms with Crippen molar-refractivity contribution in [3.05, 3.63) is 48.6 Å². The van der Waals surface area contributed by atoms with E-state index in [1.54, 1.807) is 0 Å². The standard InChI is InChI=1S/C14H20/c1-2-4-6-8-10-12-14-13-11-9-7-5-3-1/h1-6,9,11H,7-8,10,12-14H2/b2-1+,5-3-,6-4+,11-9+. The summed E-state index contributed by atoms with van der Waals surface area (Å²) in [6, 6.07) is 0. The SMILES string of the molecule is C1=C\C/C=C/CCCCC/C=C/C=C/1. The Labute approximate surface area is 87.7 Å². The molecule has 1 aliphatic rings. The van der Waals surface area contributed by atoms with Crippen LogP contribution in [0.4, 0.5) is 0 Å². The van der Waals surface area contributed by atoms with Gasteiger partial charge >= 0.3 is 0 Å². The van der Waals surface area contributed by atoms with E-state index in [0.29, 0.717) is 0 Å². The first kappa shape index (κ1) is 11.0. The predicted molar refractivity (Wildman–Crippen MR) is 64.3 cm³/mol. The van der Waals surface area contributed by atoms with Crippen molar-refractivity contribution in [2.75, 3.05) is 0 Å². The fourth-order valence-corrected chi connectivity index (χ4v) is 1.45. The molecule has 0 amide bonds. The van der Waals surface area contributed by atoms with Crippen LogP contribution in [0, 0.1) is 0 Å². The van der Waals surface area contributed by atoms with Crippen molar-refractivity contribution in [2.45, 2.75) is 38.5 Å². The fraction of sp³-hybridized carbons (Fsp3) is 0.429. The van der Waals surface area contributed by atoms with Crippen LogP contribution in [0.25, 0.3) is 0 Å². The molecule has 0 aromatic heterocycles. The third kappa shape index (κ3) is 6.47. The van der Waals surface area contributed by atoms with Crippen molar-refractivity contribution in [3.8, 4) is 0 Å². The van der Waals surface area contributed by atoms with Gasteiger partial charge in [-0.05, 0) is 32.1 Å². The van der Waals surface area contributed by atoms with Crippen molar-refractivity contribution < 1.29 is 0 Å². The summed E-state index contributed by atoms with van der Waals surface area (Å²) in [6.45, 7) is 0. The second kappa shape index (κ2) is 8.55. The first-order valence-corrected chi connectivity index (χ1v) is 5.63. The first-order valence-electron chi connectivity index (χ1n) is 5.63. The molecule has 0 N–H and O–H groups in total. The molecule has 1 aliphatic carbocycles. The summed E-state index contributed by atoms with van der Waals surface area (Å²) < 4.78 is 0. The van der Waals surface area contributed by atoms with Gasteiger partial charge in [-0.15, -0.1) is 0 Å². The molecule has 0 aromatic rings. The van der Waals surface area contributed by atoms with E-state index in [1.807, 2.05) is 0 Å². The average molecular weight is 188 g/mol. The average Bonchev–Trinajstić information content (AvgIpc) is 2.22. The van der Waals surface area contributed by atoms with Gasteiger partial charge in [0, 0.05) is 0 Å². The highest BCUT2D eigenvalue weighted by molar-refractivity contribution is 5.11. The van der Waals surface area contributed by atoms with Crippen LogP contribution in [0.3, 0.4) is 0 Å². The van der Waals surface area contributed by atoms with E-state index in [0.717, 1.165) is 6.42 Å². The highest BCUT2D eigenvalue weighted by atomic mass is 13.9. The maximum Gasteiger partial charge on any atom is -0.0166 e. The van der Waals surface area contributed by atoms with Crippen LogP contribution >= 0.6 is 0 Å². The molecule has 0 unspecified atom stereocenters. The highest BCUT2D eigenvalue weighted by Gasteiger charge is 1.85. The zero-order chi connectivity index (χ0) is 9.90. The quantitative estimate of drug-likeness (QED) is 0.489. The molecule has 0 aromatic carbocycles. The van der Waals surface area contributed by atoms with Gasteiger partial charge in [0.1, 0.15) is 0 Å². The summed E-state index contributed by atoms with van der Waals surface area (Å²) in [7, 11) is 0. The van der Waals surface area contributed by atoms with Crippen LogP contribution in [0.15, 0.2) is 48.6 Å². The van der Waals surface area contributed by atoms with Gasteiger partial charge in [-0.25, -0.2) is 0 Å². The van der Waals surface area contributed by atoms with E-state index < -0.39 is 0 Å². The Morgan fingerprint density at radius 2 is 1.21 bits per heavy atom. The number of allylic oxidation sites excluding steroid dienone is 8. The van der Waals surface area contributed by atoms with Crippen molar-refractivity contribution in [1.82, 2.24) is 0 Å². The summed E-state index contributed by atoms with van der Waals surface area (Å²) in [6.07, 6.45) is 25.0. The van der Waals surface area contributed by atoms with Crippen LogP contribution in [0.5, 0.6) is 0 Å². The molecule has 0 spiro atoms. The van der Waals surface area contributed by atoms with Gasteiger partial charge in [-0.1, -0.05) is 55.0 Å². The Bertz CT molecular complexity index is 228. The fourth-order valence-electron chi connectivity index (χ4n) is 1.45. The minimum Gasteiger partial charge on any atom is -0.0882 e. The van der Waals surface area contributed by atoms with Gasteiger partial charge in [0.2, 0.25) is 0 Å². The van der Waals surface area contributed by atoms with E-state index in [-0.39, 0.29) is 0 Å². The predicted octanol–water partition coefficient (Wildman–Crippen LogP) is 4.57. The van der Waals surface area contributed by atoms with Gasteiger partial charge in [-0.2, -0.15) is 0 Å². The maximum atomic E-state index is 2.30. The Morgan fingerprint density at radius 1 is 0.500 bits per heavy atom. The number of hydrogen-bond acceptors (Lipinski definition) is 0. The molecule has 0 bridgehead atoms. The van der Waals surface area contributed by atoms with Crippen LogP contribution in [0.2, 0.25) is 0 Å². The van der Waals surface area contributed by atoms with Crippen molar-refractivity contribution >= 4 is 0 Å². The smallest absolute Gasteiger partial charge is 0.0166 e. The maximum absolute atomic E-state index is 2.30. The minimum atomic E-state index is 1.06. The van der Waals surface area contributed by atoms with Crippen LogP contribution in [0.1, 0.15) is 38.5 Å².